The van der Waals surface area contributed by atoms with Crippen molar-refractivity contribution in [1.82, 2.24) is 24.7 Å². The number of aliphatic hydroxyl groups excluding tert-OH is 1. The van der Waals surface area contributed by atoms with Crippen molar-refractivity contribution >= 4 is 22.5 Å². The monoisotopic (exact) mass is 376 g/mol. The van der Waals surface area contributed by atoms with E-state index in [2.05, 4.69) is 20.1 Å². The van der Waals surface area contributed by atoms with Crippen molar-refractivity contribution in [2.24, 2.45) is 5.84 Å². The summed E-state index contributed by atoms with van der Waals surface area (Å²) in [6.45, 7) is 0.837. The normalized spacial score (nSPS) is 11.1. The highest BCUT2D eigenvalue weighted by atomic mass is 16.3. The van der Waals surface area contributed by atoms with E-state index in [-0.39, 0.29) is 12.4 Å². The molecule has 0 fully saturated rings. The van der Waals surface area contributed by atoms with E-state index < -0.39 is 0 Å². The molecule has 0 spiro atoms. The molecular weight excluding hydrogens is 356 g/mol. The smallest absolute Gasteiger partial charge is 0.186 e. The molecule has 4 rings (SSSR count). The third kappa shape index (κ3) is 3.61. The first-order valence-electron chi connectivity index (χ1n) is 8.76. The Morgan fingerprint density at radius 2 is 2.04 bits per heavy atom. The predicted molar refractivity (Wildman–Crippen MR) is 107 cm³/mol. The lowest BCUT2D eigenvalue weighted by Crippen LogP contribution is -2.32. The van der Waals surface area contributed by atoms with Crippen molar-refractivity contribution in [2.45, 2.75) is 13.1 Å². The zero-order chi connectivity index (χ0) is 19.5. The maximum atomic E-state index is 9.03. The molecule has 0 aliphatic rings. The summed E-state index contributed by atoms with van der Waals surface area (Å²) in [5.74, 6) is 6.89. The number of hydrogen-bond donors (Lipinski definition) is 3. The van der Waals surface area contributed by atoms with E-state index in [1.165, 1.54) is 5.01 Å². The minimum absolute atomic E-state index is 0.0115. The molecule has 0 aliphatic carbocycles. The highest BCUT2D eigenvalue weighted by molar-refractivity contribution is 5.79. The lowest BCUT2D eigenvalue weighted by molar-refractivity contribution is 0.269. The van der Waals surface area contributed by atoms with Crippen LogP contribution in [0.15, 0.2) is 55.1 Å². The summed E-state index contributed by atoms with van der Waals surface area (Å²) in [6, 6.07) is 9.87. The van der Waals surface area contributed by atoms with Gasteiger partial charge in [-0.05, 0) is 23.8 Å². The minimum atomic E-state index is 0.0115. The van der Waals surface area contributed by atoms with E-state index in [9.17, 15) is 0 Å². The fourth-order valence-electron chi connectivity index (χ4n) is 2.95. The molecule has 0 atom stereocenters. The molecule has 0 saturated carbocycles. The topological polar surface area (TPSA) is 132 Å². The molecule has 3 aromatic heterocycles. The van der Waals surface area contributed by atoms with Gasteiger partial charge in [-0.15, -0.1) is 0 Å². The largest absolute Gasteiger partial charge is 0.394 e. The lowest BCUT2D eigenvalue weighted by Gasteiger charge is -2.19. The van der Waals surface area contributed by atoms with Crippen LogP contribution in [0.2, 0.25) is 0 Å². The van der Waals surface area contributed by atoms with E-state index in [0.717, 1.165) is 22.0 Å². The molecule has 0 saturated heterocycles. The molecule has 1 aromatic carbocycles. The third-order valence-electron chi connectivity index (χ3n) is 4.33. The molecule has 0 aliphatic heterocycles. The molecule has 5 N–H and O–H groups in total. The Morgan fingerprint density at radius 1 is 1.14 bits per heavy atom. The maximum absolute atomic E-state index is 9.03. The van der Waals surface area contributed by atoms with Crippen LogP contribution in [0.1, 0.15) is 5.56 Å². The molecule has 0 amide bonds. The first-order chi connectivity index (χ1) is 13.6. The van der Waals surface area contributed by atoms with Gasteiger partial charge in [0.05, 0.1) is 43.3 Å². The average Bonchev–Trinajstić information content (AvgIpc) is 3.17. The van der Waals surface area contributed by atoms with Gasteiger partial charge in [0.1, 0.15) is 0 Å². The van der Waals surface area contributed by atoms with Crippen molar-refractivity contribution in [3.05, 3.63) is 60.7 Å². The van der Waals surface area contributed by atoms with Crippen molar-refractivity contribution < 1.29 is 5.11 Å². The number of anilines is 2. The number of pyridine rings is 1. The number of nitrogens with two attached hydrogens (primary N) is 2. The van der Waals surface area contributed by atoms with Crippen molar-refractivity contribution in [3.63, 3.8) is 0 Å². The van der Waals surface area contributed by atoms with E-state index in [1.54, 1.807) is 29.5 Å². The van der Waals surface area contributed by atoms with Crippen LogP contribution in [0.25, 0.3) is 22.2 Å². The minimum Gasteiger partial charge on any atom is -0.394 e. The summed E-state index contributed by atoms with van der Waals surface area (Å²) < 4.78 is 1.64. The number of nitrogen functional groups attached to an aromatic ring is 1. The van der Waals surface area contributed by atoms with Gasteiger partial charge in [-0.25, -0.2) is 15.8 Å². The van der Waals surface area contributed by atoms with Gasteiger partial charge in [0.25, 0.3) is 0 Å². The molecule has 142 valence electrons. The number of rotatable bonds is 6. The fourth-order valence-corrected chi connectivity index (χ4v) is 2.95. The number of nitrogens with zero attached hydrogens (tertiary/aromatic N) is 6. The Kier molecular flexibility index (Phi) is 4.83. The summed E-state index contributed by atoms with van der Waals surface area (Å²) >= 11 is 0. The SMILES string of the molecule is Nc1ncc(-c2cnn(CCO)c2)nc1N(N)Cc1ccc2ncccc2c1. The highest BCUT2D eigenvalue weighted by Gasteiger charge is 2.13. The second-order valence-corrected chi connectivity index (χ2v) is 6.34. The summed E-state index contributed by atoms with van der Waals surface area (Å²) in [5, 5.41) is 15.7. The maximum Gasteiger partial charge on any atom is 0.186 e. The van der Waals surface area contributed by atoms with Crippen LogP contribution in [-0.2, 0) is 13.1 Å². The van der Waals surface area contributed by atoms with Crippen molar-refractivity contribution in [1.29, 1.82) is 0 Å². The van der Waals surface area contributed by atoms with E-state index in [1.807, 2.05) is 30.3 Å². The number of hydrazine groups is 1. The third-order valence-corrected chi connectivity index (χ3v) is 4.33. The predicted octanol–water partition coefficient (Wildman–Crippen LogP) is 1.34. The van der Waals surface area contributed by atoms with E-state index >= 15 is 0 Å². The summed E-state index contributed by atoms with van der Waals surface area (Å²) in [6.07, 6.45) is 6.80. The summed E-state index contributed by atoms with van der Waals surface area (Å²) in [5.41, 5.74) is 9.31. The van der Waals surface area contributed by atoms with Crippen molar-refractivity contribution in [2.75, 3.05) is 17.3 Å². The van der Waals surface area contributed by atoms with Gasteiger partial charge in [-0.1, -0.05) is 12.1 Å². The van der Waals surface area contributed by atoms with Gasteiger partial charge < -0.3 is 10.8 Å². The molecule has 4 aromatic rings. The first-order valence-corrected chi connectivity index (χ1v) is 8.76. The van der Waals surface area contributed by atoms with Gasteiger partial charge in [0.15, 0.2) is 11.6 Å². The van der Waals surface area contributed by atoms with Crippen LogP contribution in [0.5, 0.6) is 0 Å². The molecule has 9 nitrogen and oxygen atoms in total. The number of aliphatic hydroxyl groups is 1. The Labute approximate surface area is 161 Å². The van der Waals surface area contributed by atoms with Crippen LogP contribution in [0.4, 0.5) is 11.6 Å². The summed E-state index contributed by atoms with van der Waals surface area (Å²) in [7, 11) is 0. The van der Waals surface area contributed by atoms with E-state index in [4.69, 9.17) is 16.7 Å². The number of fused-ring (bicyclic) bond motifs is 1. The molecule has 28 heavy (non-hydrogen) atoms. The Hall–Kier alpha value is -3.56. The number of hydrogen-bond acceptors (Lipinski definition) is 8. The zero-order valence-electron chi connectivity index (χ0n) is 15.1. The Balaban J connectivity index is 1.59. The molecule has 0 radical (unpaired) electrons. The summed E-state index contributed by atoms with van der Waals surface area (Å²) in [4.78, 5) is 13.1. The molecule has 9 heteroatoms. The van der Waals surface area contributed by atoms with Crippen LogP contribution in [0.3, 0.4) is 0 Å². The highest BCUT2D eigenvalue weighted by Crippen LogP contribution is 2.24. The van der Waals surface area contributed by atoms with Crippen molar-refractivity contribution in [3.8, 4) is 11.3 Å². The lowest BCUT2D eigenvalue weighted by atomic mass is 10.1. The molecule has 3 heterocycles. The molecule has 0 unspecified atom stereocenters. The van der Waals surface area contributed by atoms with Gasteiger partial charge in [-0.2, -0.15) is 5.10 Å². The van der Waals surface area contributed by atoms with Gasteiger partial charge in [0.2, 0.25) is 0 Å². The Bertz CT molecular complexity index is 1110. The van der Waals surface area contributed by atoms with Crippen LogP contribution in [-0.4, -0.2) is 36.4 Å². The number of benzene rings is 1. The zero-order valence-corrected chi connectivity index (χ0v) is 15.1. The second-order valence-electron chi connectivity index (χ2n) is 6.34. The first kappa shape index (κ1) is 17.8. The quantitative estimate of drug-likeness (QED) is 0.339. The van der Waals surface area contributed by atoms with E-state index in [0.29, 0.717) is 24.6 Å². The van der Waals surface area contributed by atoms with Crippen LogP contribution >= 0.6 is 0 Å². The van der Waals surface area contributed by atoms with Crippen LogP contribution in [0, 0.1) is 0 Å². The van der Waals surface area contributed by atoms with Crippen LogP contribution < -0.4 is 16.6 Å². The van der Waals surface area contributed by atoms with Gasteiger partial charge in [0, 0.05) is 23.3 Å². The average molecular weight is 376 g/mol. The standard InChI is InChI=1S/C19H20N8O/c20-18-19(25-17(10-23-18)15-9-24-26(12-15)6-7-28)27(21)11-13-3-4-16-14(8-13)2-1-5-22-16/h1-5,8-10,12,28H,6-7,11,21H2,(H2,20,23). The molecular formula is C19H20N8O. The fraction of sp³-hybridized carbons (Fsp3) is 0.158. The number of aromatic nitrogens is 5. The van der Waals surface area contributed by atoms with Gasteiger partial charge in [-0.3, -0.25) is 14.7 Å². The van der Waals surface area contributed by atoms with Gasteiger partial charge >= 0.3 is 0 Å². The Morgan fingerprint density at radius 3 is 2.89 bits per heavy atom. The second kappa shape index (κ2) is 7.59. The molecule has 0 bridgehead atoms.